The number of halogens is 10. The van der Waals surface area contributed by atoms with E-state index in [-0.39, 0.29) is 6.03 Å². The average Bonchev–Trinajstić information content (AvgIpc) is 3.59. The van der Waals surface area contributed by atoms with Crippen LogP contribution in [-0.2, 0) is 27.5 Å². The van der Waals surface area contributed by atoms with Gasteiger partial charge in [0.1, 0.15) is 5.69 Å². The van der Waals surface area contributed by atoms with Crippen LogP contribution in [0.4, 0.5) is 50.3 Å². The highest BCUT2D eigenvalue weighted by atomic mass is 35.5. The molecule has 330 valence electrons. The molecule has 1 aliphatic heterocycles. The van der Waals surface area contributed by atoms with Gasteiger partial charge in [-0.15, -0.1) is 11.3 Å². The molecular weight excluding hydrogens is 869 g/mol. The fourth-order valence-corrected chi connectivity index (χ4v) is 5.90. The molecule has 0 unspecified atom stereocenters. The fraction of sp³-hybridized carbons (Fsp3) is 0.371. The van der Waals surface area contributed by atoms with Crippen molar-refractivity contribution in [3.8, 4) is 10.6 Å². The molecule has 0 atom stereocenters. The molecule has 6 N–H and O–H groups in total. The first-order chi connectivity index (χ1) is 27.9. The second-order valence-electron chi connectivity index (χ2n) is 12.2. The topological polar surface area (TPSA) is 197 Å². The van der Waals surface area contributed by atoms with E-state index in [0.717, 1.165) is 77.5 Å². The van der Waals surface area contributed by atoms with Crippen LogP contribution in [0.2, 0.25) is 5.02 Å². The van der Waals surface area contributed by atoms with Gasteiger partial charge in [0.05, 0.1) is 16.1 Å². The Morgan fingerprint density at radius 3 is 1.80 bits per heavy atom. The van der Waals surface area contributed by atoms with E-state index in [9.17, 15) is 44.3 Å². The number of piperazine rings is 1. The van der Waals surface area contributed by atoms with Crippen LogP contribution in [0.1, 0.15) is 17.5 Å². The number of carbonyl (C=O) groups is 4. The monoisotopic (exact) mass is 905 g/mol. The zero-order valence-corrected chi connectivity index (χ0v) is 32.7. The van der Waals surface area contributed by atoms with Crippen LogP contribution in [0, 0.1) is 0 Å². The number of carboxylic acid groups (broad SMARTS) is 3. The Labute approximate surface area is 344 Å². The van der Waals surface area contributed by atoms with Crippen LogP contribution in [-0.4, -0.2) is 124 Å². The Balaban J connectivity index is 0.000000485. The number of aliphatic carboxylic acids is 3. The normalized spacial score (nSPS) is 13.3. The molecule has 60 heavy (non-hydrogen) atoms. The Hall–Kier alpha value is -5.46. The first kappa shape index (κ1) is 50.7. The summed E-state index contributed by atoms with van der Waals surface area (Å²) in [5, 5.41) is 32.2. The summed E-state index contributed by atoms with van der Waals surface area (Å²) in [5.74, 6) is -7.68. The lowest BCUT2D eigenvalue weighted by Crippen LogP contribution is -2.44. The molecule has 0 bridgehead atoms. The number of hydrogen-bond donors (Lipinski definition) is 6. The molecule has 1 fully saturated rings. The predicted molar refractivity (Wildman–Crippen MR) is 201 cm³/mol. The number of carbonyl (C=O) groups excluding carboxylic acids is 1. The van der Waals surface area contributed by atoms with Crippen molar-refractivity contribution >= 4 is 62.9 Å². The second kappa shape index (κ2) is 23.4. The van der Waals surface area contributed by atoms with E-state index in [1.807, 2.05) is 36.4 Å². The van der Waals surface area contributed by atoms with Crippen LogP contribution in [0.15, 0.2) is 60.8 Å². The van der Waals surface area contributed by atoms with Crippen LogP contribution in [0.5, 0.6) is 0 Å². The molecule has 1 saturated heterocycles. The summed E-state index contributed by atoms with van der Waals surface area (Å²) >= 11 is 8.15. The van der Waals surface area contributed by atoms with Gasteiger partial charge >= 0.3 is 42.5 Å². The van der Waals surface area contributed by atoms with Crippen molar-refractivity contribution in [3.05, 3.63) is 76.9 Å². The summed E-state index contributed by atoms with van der Waals surface area (Å²) < 4.78 is 96.3. The molecule has 25 heteroatoms. The maximum atomic E-state index is 12.2. The SMILES string of the molecule is CN1CCN(CCCNc2ncc(Cl)c(-c3cc4ccc(CNC(=O)NCc5ccccc5)cc4s3)n2)CC1.O=C(O)C(F)(F)F.O=C(O)C(F)(F)F.O=C(O)C(F)(F)F. The molecule has 3 heterocycles. The molecule has 2 aromatic heterocycles. The van der Waals surface area contributed by atoms with E-state index in [1.165, 1.54) is 0 Å². The molecule has 2 aromatic carbocycles. The quantitative estimate of drug-likeness (QED) is 0.0708. The molecule has 2 amide bonds. The van der Waals surface area contributed by atoms with E-state index >= 15 is 0 Å². The van der Waals surface area contributed by atoms with E-state index in [4.69, 9.17) is 46.3 Å². The van der Waals surface area contributed by atoms with Gasteiger partial charge in [-0.25, -0.2) is 29.1 Å². The van der Waals surface area contributed by atoms with E-state index < -0.39 is 36.4 Å². The molecule has 14 nitrogen and oxygen atoms in total. The Morgan fingerprint density at radius 2 is 1.28 bits per heavy atom. The number of hydrogen-bond acceptors (Lipinski definition) is 10. The van der Waals surface area contributed by atoms with Crippen molar-refractivity contribution in [1.82, 2.24) is 30.4 Å². The summed E-state index contributed by atoms with van der Waals surface area (Å²) in [5.41, 5.74) is 2.82. The number of carboxylic acids is 3. The Bertz CT molecular complexity index is 1960. The van der Waals surface area contributed by atoms with Crippen LogP contribution in [0.3, 0.4) is 0 Å². The minimum atomic E-state index is -5.08. The molecule has 0 radical (unpaired) electrons. The number of thiophene rings is 1. The molecule has 0 saturated carbocycles. The lowest BCUT2D eigenvalue weighted by Gasteiger charge is -2.32. The summed E-state index contributed by atoms with van der Waals surface area (Å²) in [6.45, 7) is 7.35. The molecule has 1 aliphatic rings. The summed E-state index contributed by atoms with van der Waals surface area (Å²) in [6, 6.07) is 18.0. The van der Waals surface area contributed by atoms with Crippen LogP contribution < -0.4 is 16.0 Å². The van der Waals surface area contributed by atoms with Gasteiger partial charge in [-0.05, 0) is 48.7 Å². The van der Waals surface area contributed by atoms with Gasteiger partial charge in [0.2, 0.25) is 5.95 Å². The van der Waals surface area contributed by atoms with Gasteiger partial charge in [0.25, 0.3) is 0 Å². The zero-order valence-electron chi connectivity index (χ0n) is 31.1. The molecule has 4 aromatic rings. The number of likely N-dealkylation sites (N-methyl/N-ethyl adjacent to an activating group) is 1. The molecule has 5 rings (SSSR count). The van der Waals surface area contributed by atoms with Crippen molar-refractivity contribution in [1.29, 1.82) is 0 Å². The average molecular weight is 906 g/mol. The third-order valence-corrected chi connectivity index (χ3v) is 8.95. The van der Waals surface area contributed by atoms with E-state index in [1.54, 1.807) is 17.5 Å². The van der Waals surface area contributed by atoms with Gasteiger partial charge in [-0.2, -0.15) is 39.5 Å². The summed E-state index contributed by atoms with van der Waals surface area (Å²) in [4.78, 5) is 53.9. The number of benzene rings is 2. The molecular formula is C35H37ClF9N7O7S. The van der Waals surface area contributed by atoms with Crippen LogP contribution >= 0.6 is 22.9 Å². The number of urea groups is 1. The van der Waals surface area contributed by atoms with E-state index in [2.05, 4.69) is 56.0 Å². The largest absolute Gasteiger partial charge is 0.490 e. The number of nitrogens with one attached hydrogen (secondary N) is 3. The van der Waals surface area contributed by atoms with Crippen molar-refractivity contribution in [2.24, 2.45) is 0 Å². The van der Waals surface area contributed by atoms with E-state index in [0.29, 0.717) is 24.1 Å². The highest BCUT2D eigenvalue weighted by molar-refractivity contribution is 7.22. The van der Waals surface area contributed by atoms with Gasteiger partial charge in [-0.3, -0.25) is 0 Å². The maximum Gasteiger partial charge on any atom is 0.490 e. The van der Waals surface area contributed by atoms with Crippen molar-refractivity contribution in [3.63, 3.8) is 0 Å². The standard InChI is InChI=1S/C29H34ClN7OS.3C2HF3O2/c1-36-12-14-37(15-13-36)11-5-10-31-28-32-20-24(30)27(35-28)26-17-23-9-8-22(16-25(23)39-26)19-34-29(38)33-18-21-6-3-2-4-7-21;3*3-2(4,5)1(6)7/h2-4,6-9,16-17,20H,5,10-15,18-19H2,1H3,(H,31,32,35)(H2,33,34,38);3*(H,6,7). The number of fused-ring (bicyclic) bond motifs is 1. The fourth-order valence-electron chi connectivity index (χ4n) is 4.52. The van der Waals surface area contributed by atoms with Crippen molar-refractivity contribution < 1.29 is 74.0 Å². The van der Waals surface area contributed by atoms with Crippen LogP contribution in [0.25, 0.3) is 20.7 Å². The maximum absolute atomic E-state index is 12.2. The number of aromatic nitrogens is 2. The third kappa shape index (κ3) is 19.1. The minimum absolute atomic E-state index is 0.192. The number of rotatable bonds is 10. The summed E-state index contributed by atoms with van der Waals surface area (Å²) in [6.07, 6.45) is -12.5. The smallest absolute Gasteiger partial charge is 0.475 e. The first-order valence-electron chi connectivity index (χ1n) is 17.0. The Kier molecular flexibility index (Phi) is 19.7. The lowest BCUT2D eigenvalue weighted by molar-refractivity contribution is -0.193. The highest BCUT2D eigenvalue weighted by Crippen LogP contribution is 2.36. The molecule has 0 aliphatic carbocycles. The van der Waals surface area contributed by atoms with Gasteiger partial charge in [0, 0.05) is 50.5 Å². The zero-order chi connectivity index (χ0) is 45.3. The number of alkyl halides is 9. The van der Waals surface area contributed by atoms with Crippen molar-refractivity contribution in [2.75, 3.05) is 51.6 Å². The lowest BCUT2D eigenvalue weighted by atomic mass is 10.1. The summed E-state index contributed by atoms with van der Waals surface area (Å²) in [7, 11) is 2.18. The number of nitrogens with zero attached hydrogens (tertiary/aromatic N) is 4. The molecule has 0 spiro atoms. The van der Waals surface area contributed by atoms with Crippen molar-refractivity contribution in [2.45, 2.75) is 38.0 Å². The number of amides is 2. The second-order valence-corrected chi connectivity index (χ2v) is 13.7. The highest BCUT2D eigenvalue weighted by Gasteiger charge is 2.39. The number of anilines is 1. The van der Waals surface area contributed by atoms with Gasteiger partial charge in [0.15, 0.2) is 0 Å². The predicted octanol–water partition coefficient (Wildman–Crippen LogP) is 6.96. The Morgan fingerprint density at radius 1 is 0.767 bits per heavy atom. The van der Waals surface area contributed by atoms with Gasteiger partial charge < -0.3 is 41.1 Å². The minimum Gasteiger partial charge on any atom is -0.475 e. The third-order valence-electron chi connectivity index (χ3n) is 7.57. The van der Waals surface area contributed by atoms with Gasteiger partial charge in [-0.1, -0.05) is 54.1 Å². The first-order valence-corrected chi connectivity index (χ1v) is 18.2.